The Morgan fingerprint density at radius 2 is 1.57 bits per heavy atom. The molecule has 0 bridgehead atoms. The summed E-state index contributed by atoms with van der Waals surface area (Å²) >= 11 is 0. The summed E-state index contributed by atoms with van der Waals surface area (Å²) in [5.41, 5.74) is 0. The van der Waals surface area contributed by atoms with Crippen molar-refractivity contribution >= 4 is 60.4 Å². The minimum atomic E-state index is -1.24. The SMILES string of the molecule is CCCCCC(C(=O)O)C(=O)O.[LiH].[NaH]. The Balaban J connectivity index is -0.000000605. The molecule has 0 fully saturated rings. The van der Waals surface area contributed by atoms with Gasteiger partial charge >= 0.3 is 60.4 Å². The summed E-state index contributed by atoms with van der Waals surface area (Å²) in [5.74, 6) is -3.70. The first-order valence-corrected chi connectivity index (χ1v) is 4.05. The number of hydrogen-bond acceptors (Lipinski definition) is 2. The van der Waals surface area contributed by atoms with Gasteiger partial charge in [-0.2, -0.15) is 0 Å². The van der Waals surface area contributed by atoms with Crippen LogP contribution in [0.25, 0.3) is 0 Å². The predicted octanol–water partition coefficient (Wildman–Crippen LogP) is 0.0551. The first-order chi connectivity index (χ1) is 5.59. The van der Waals surface area contributed by atoms with Crippen LogP contribution in [0.2, 0.25) is 0 Å². The van der Waals surface area contributed by atoms with E-state index in [4.69, 9.17) is 10.2 Å². The molecule has 2 N–H and O–H groups in total. The molecule has 0 aliphatic carbocycles. The van der Waals surface area contributed by atoms with Gasteiger partial charge in [0.15, 0.2) is 5.92 Å². The first kappa shape index (κ1) is 20.0. The van der Waals surface area contributed by atoms with Crippen LogP contribution in [0.3, 0.4) is 0 Å². The molecule has 0 spiro atoms. The number of carboxylic acid groups (broad SMARTS) is 2. The molecule has 0 atom stereocenters. The van der Waals surface area contributed by atoms with Gasteiger partial charge in [0.25, 0.3) is 0 Å². The van der Waals surface area contributed by atoms with Gasteiger partial charge in [0, 0.05) is 0 Å². The molecule has 6 heteroatoms. The average Bonchev–Trinajstić information content (AvgIpc) is 1.96. The third-order valence-electron chi connectivity index (χ3n) is 1.69. The van der Waals surface area contributed by atoms with Crippen molar-refractivity contribution in [2.24, 2.45) is 5.92 Å². The summed E-state index contributed by atoms with van der Waals surface area (Å²) in [6.45, 7) is 1.98. The van der Waals surface area contributed by atoms with Crippen molar-refractivity contribution in [3.8, 4) is 0 Å². The van der Waals surface area contributed by atoms with Gasteiger partial charge in [0.2, 0.25) is 0 Å². The summed E-state index contributed by atoms with van der Waals surface area (Å²) < 4.78 is 0. The van der Waals surface area contributed by atoms with E-state index in [0.717, 1.165) is 12.8 Å². The maximum atomic E-state index is 10.4. The van der Waals surface area contributed by atoms with Gasteiger partial charge in [-0.25, -0.2) is 0 Å². The Labute approximate surface area is 118 Å². The molecule has 14 heavy (non-hydrogen) atoms. The summed E-state index contributed by atoms with van der Waals surface area (Å²) in [4.78, 5) is 20.7. The standard InChI is InChI=1S/C8H14O4.Li.Na.2H/c1-2-3-4-5-6(7(9)10)8(11)12;;;;/h6H,2-5H2,1H3,(H,9,10)(H,11,12);;;;. The first-order valence-electron chi connectivity index (χ1n) is 4.05. The molecule has 0 heterocycles. The second kappa shape index (κ2) is 11.6. The monoisotopic (exact) mass is 206 g/mol. The summed E-state index contributed by atoms with van der Waals surface area (Å²) in [6.07, 6.45) is 2.75. The van der Waals surface area contributed by atoms with Gasteiger partial charge in [-0.05, 0) is 6.42 Å². The van der Waals surface area contributed by atoms with Crippen LogP contribution in [0.1, 0.15) is 32.6 Å². The van der Waals surface area contributed by atoms with Crippen LogP contribution in [0.15, 0.2) is 0 Å². The Hall–Kier alpha value is 0.537. The fraction of sp³-hybridized carbons (Fsp3) is 0.750. The van der Waals surface area contributed by atoms with Crippen LogP contribution in [-0.4, -0.2) is 70.6 Å². The number of carbonyl (C=O) groups is 2. The molecule has 0 aromatic carbocycles. The van der Waals surface area contributed by atoms with Crippen molar-refractivity contribution in [1.29, 1.82) is 0 Å². The third kappa shape index (κ3) is 9.11. The number of aliphatic carboxylic acids is 2. The van der Waals surface area contributed by atoms with Gasteiger partial charge in [-0.3, -0.25) is 9.59 Å². The molecule has 0 aromatic heterocycles. The van der Waals surface area contributed by atoms with E-state index in [9.17, 15) is 9.59 Å². The zero-order valence-electron chi connectivity index (χ0n) is 7.12. The fourth-order valence-corrected chi connectivity index (χ4v) is 0.951. The number of rotatable bonds is 6. The molecule has 0 aliphatic heterocycles. The Kier molecular flexibility index (Phi) is 16.6. The summed E-state index contributed by atoms with van der Waals surface area (Å²) in [7, 11) is 0. The summed E-state index contributed by atoms with van der Waals surface area (Å²) in [6, 6.07) is 0. The van der Waals surface area contributed by atoms with E-state index >= 15 is 0 Å². The van der Waals surface area contributed by atoms with Crippen LogP contribution in [0.5, 0.6) is 0 Å². The van der Waals surface area contributed by atoms with E-state index in [0.29, 0.717) is 6.42 Å². The van der Waals surface area contributed by atoms with Crippen LogP contribution in [-0.2, 0) is 9.59 Å². The van der Waals surface area contributed by atoms with E-state index in [1.807, 2.05) is 6.92 Å². The molecular formula is C8H16LiNaO4. The van der Waals surface area contributed by atoms with Crippen molar-refractivity contribution in [1.82, 2.24) is 0 Å². The molecular weight excluding hydrogens is 190 g/mol. The van der Waals surface area contributed by atoms with Gasteiger partial charge in [0.1, 0.15) is 0 Å². The minimum absolute atomic E-state index is 0. The second-order valence-electron chi connectivity index (χ2n) is 2.72. The molecule has 0 aromatic rings. The zero-order valence-corrected chi connectivity index (χ0v) is 7.12. The van der Waals surface area contributed by atoms with Crippen LogP contribution >= 0.6 is 0 Å². The molecule has 4 nitrogen and oxygen atoms in total. The molecule has 0 saturated carbocycles. The molecule has 0 rings (SSSR count). The van der Waals surface area contributed by atoms with Crippen molar-refractivity contribution < 1.29 is 19.8 Å². The molecule has 0 radical (unpaired) electrons. The molecule has 0 saturated heterocycles. The van der Waals surface area contributed by atoms with Gasteiger partial charge in [0.05, 0.1) is 0 Å². The quantitative estimate of drug-likeness (QED) is 0.366. The third-order valence-corrected chi connectivity index (χ3v) is 1.69. The van der Waals surface area contributed by atoms with E-state index < -0.39 is 17.9 Å². The van der Waals surface area contributed by atoms with E-state index in [2.05, 4.69) is 0 Å². The van der Waals surface area contributed by atoms with Crippen LogP contribution < -0.4 is 0 Å². The average molecular weight is 206 g/mol. The Morgan fingerprint density at radius 1 is 1.14 bits per heavy atom. The molecule has 0 unspecified atom stereocenters. The number of carboxylic acids is 2. The van der Waals surface area contributed by atoms with Crippen molar-refractivity contribution in [2.45, 2.75) is 32.6 Å². The number of unbranched alkanes of at least 4 members (excludes halogenated alkanes) is 2. The van der Waals surface area contributed by atoms with Gasteiger partial charge < -0.3 is 10.2 Å². The fourth-order valence-electron chi connectivity index (χ4n) is 0.951. The van der Waals surface area contributed by atoms with E-state index in [1.54, 1.807) is 0 Å². The van der Waals surface area contributed by atoms with Crippen LogP contribution in [0.4, 0.5) is 0 Å². The zero-order chi connectivity index (χ0) is 9.56. The number of hydrogen-bond donors (Lipinski definition) is 2. The van der Waals surface area contributed by atoms with Crippen molar-refractivity contribution in [2.75, 3.05) is 0 Å². The predicted molar refractivity (Wildman–Crippen MR) is 57.2 cm³/mol. The van der Waals surface area contributed by atoms with Crippen molar-refractivity contribution in [3.05, 3.63) is 0 Å². The van der Waals surface area contributed by atoms with Crippen molar-refractivity contribution in [3.63, 3.8) is 0 Å². The topological polar surface area (TPSA) is 74.6 Å². The van der Waals surface area contributed by atoms with E-state index in [1.165, 1.54) is 0 Å². The van der Waals surface area contributed by atoms with Gasteiger partial charge in [-0.1, -0.05) is 26.2 Å². The van der Waals surface area contributed by atoms with Gasteiger partial charge in [-0.15, -0.1) is 0 Å². The Morgan fingerprint density at radius 3 is 1.86 bits per heavy atom. The normalized spacial score (nSPS) is 8.71. The maximum absolute atomic E-state index is 10.4. The Bertz CT molecular complexity index is 161. The molecule has 0 amide bonds. The molecule has 0 aliphatic rings. The van der Waals surface area contributed by atoms with Crippen LogP contribution in [0, 0.1) is 5.92 Å². The second-order valence-corrected chi connectivity index (χ2v) is 2.72. The molecule has 74 valence electrons. The summed E-state index contributed by atoms with van der Waals surface area (Å²) in [5, 5.41) is 16.9. The van der Waals surface area contributed by atoms with E-state index in [-0.39, 0.29) is 54.8 Å².